The van der Waals surface area contributed by atoms with Crippen molar-refractivity contribution in [1.29, 1.82) is 0 Å². The maximum absolute atomic E-state index is 14.0. The quantitative estimate of drug-likeness (QED) is 0.387. The van der Waals surface area contributed by atoms with Crippen LogP contribution in [0.25, 0.3) is 0 Å². The summed E-state index contributed by atoms with van der Waals surface area (Å²) >= 11 is 0. The van der Waals surface area contributed by atoms with Gasteiger partial charge in [-0.25, -0.2) is 4.79 Å². The van der Waals surface area contributed by atoms with Crippen LogP contribution in [0.3, 0.4) is 0 Å². The van der Waals surface area contributed by atoms with Crippen molar-refractivity contribution in [2.45, 2.75) is 16.8 Å². The molecule has 2 atom stereocenters. The number of hydrogen-bond acceptors (Lipinski definition) is 9. The van der Waals surface area contributed by atoms with Crippen LogP contribution in [0, 0.1) is 0 Å². The summed E-state index contributed by atoms with van der Waals surface area (Å²) in [7, 11) is 0. The first-order valence-corrected chi connectivity index (χ1v) is 10.8. The average molecular weight is 482 g/mol. The van der Waals surface area contributed by atoms with Crippen LogP contribution in [0.1, 0.15) is 62.1 Å². The summed E-state index contributed by atoms with van der Waals surface area (Å²) in [5.74, 6) is -8.27. The van der Waals surface area contributed by atoms with Crippen molar-refractivity contribution in [3.05, 3.63) is 106 Å². The van der Waals surface area contributed by atoms with Gasteiger partial charge < -0.3 is 14.9 Å². The van der Waals surface area contributed by atoms with Crippen molar-refractivity contribution in [1.82, 2.24) is 0 Å². The minimum atomic E-state index is -3.82. The van der Waals surface area contributed by atoms with Crippen molar-refractivity contribution < 1.29 is 43.7 Å². The zero-order valence-corrected chi connectivity index (χ0v) is 18.2. The van der Waals surface area contributed by atoms with Crippen molar-refractivity contribution in [3.8, 4) is 0 Å². The second-order valence-corrected chi connectivity index (χ2v) is 8.77. The number of carbonyl (C=O) groups is 6. The van der Waals surface area contributed by atoms with Crippen LogP contribution in [0.15, 0.2) is 72.8 Å². The number of aliphatic hydroxyl groups is 2. The Kier molecular flexibility index (Phi) is 4.11. The Morgan fingerprint density at radius 3 is 1.25 bits per heavy atom. The molecular formula is C27H14O9. The molecule has 36 heavy (non-hydrogen) atoms. The van der Waals surface area contributed by atoms with Gasteiger partial charge in [0, 0.05) is 27.8 Å². The zero-order valence-electron chi connectivity index (χ0n) is 18.2. The molecule has 0 radical (unpaired) electrons. The highest BCUT2D eigenvalue weighted by Gasteiger charge is 2.83. The molecule has 6 rings (SSSR count). The van der Waals surface area contributed by atoms with Crippen molar-refractivity contribution in [2.24, 2.45) is 0 Å². The van der Waals surface area contributed by atoms with E-state index in [1.165, 1.54) is 66.7 Å². The van der Waals surface area contributed by atoms with E-state index in [2.05, 4.69) is 0 Å². The fraction of sp³-hybridized carbons (Fsp3) is 0.111. The van der Waals surface area contributed by atoms with E-state index >= 15 is 0 Å². The number of fused-ring (bicyclic) bond motifs is 3. The smallest absolute Gasteiger partial charge is 0.340 e. The summed E-state index contributed by atoms with van der Waals surface area (Å²) in [5.41, 5.74) is -13.1. The minimum Gasteiger partial charge on any atom is -0.435 e. The Balaban J connectivity index is 1.74. The molecule has 3 aliphatic rings. The molecule has 9 heteroatoms. The van der Waals surface area contributed by atoms with Crippen LogP contribution in [-0.4, -0.2) is 61.9 Å². The van der Waals surface area contributed by atoms with Crippen LogP contribution in [0.5, 0.6) is 0 Å². The Morgan fingerprint density at radius 2 is 0.806 bits per heavy atom. The summed E-state index contributed by atoms with van der Waals surface area (Å²) < 4.78 is 5.31. The number of rotatable bonds is 1. The van der Waals surface area contributed by atoms with E-state index in [1.54, 1.807) is 0 Å². The normalized spacial score (nSPS) is 25.9. The van der Waals surface area contributed by atoms with Gasteiger partial charge >= 0.3 is 5.97 Å². The van der Waals surface area contributed by atoms with Gasteiger partial charge in [0.1, 0.15) is 0 Å². The molecule has 1 aliphatic heterocycles. The number of ether oxygens (including phenoxy) is 1. The molecule has 176 valence electrons. The maximum Gasteiger partial charge on any atom is 0.340 e. The van der Waals surface area contributed by atoms with Gasteiger partial charge in [0.05, 0.1) is 5.56 Å². The van der Waals surface area contributed by atoms with Gasteiger partial charge in [0.15, 0.2) is 0 Å². The van der Waals surface area contributed by atoms with E-state index in [-0.39, 0.29) is 27.8 Å². The minimum absolute atomic E-state index is 0.256. The molecule has 0 fully saturated rings. The molecule has 0 aromatic heterocycles. The number of benzene rings is 3. The second-order valence-electron chi connectivity index (χ2n) is 8.77. The van der Waals surface area contributed by atoms with E-state index in [0.717, 1.165) is 6.07 Å². The maximum atomic E-state index is 14.0. The molecule has 2 N–H and O–H groups in total. The first kappa shape index (κ1) is 21.9. The van der Waals surface area contributed by atoms with Crippen molar-refractivity contribution in [3.63, 3.8) is 0 Å². The van der Waals surface area contributed by atoms with Gasteiger partial charge in [0.25, 0.3) is 5.60 Å². The highest BCUT2D eigenvalue weighted by Crippen LogP contribution is 2.52. The Bertz CT molecular complexity index is 1570. The van der Waals surface area contributed by atoms with Crippen LogP contribution in [0.2, 0.25) is 0 Å². The lowest BCUT2D eigenvalue weighted by atomic mass is 9.56. The fourth-order valence-electron chi connectivity index (χ4n) is 5.38. The lowest BCUT2D eigenvalue weighted by Gasteiger charge is -2.51. The first-order valence-electron chi connectivity index (χ1n) is 10.8. The number of hydrogen-bond donors (Lipinski definition) is 2. The van der Waals surface area contributed by atoms with Gasteiger partial charge in [-0.2, -0.15) is 0 Å². The van der Waals surface area contributed by atoms with Gasteiger partial charge in [0.2, 0.25) is 40.1 Å². The van der Waals surface area contributed by atoms with E-state index < -0.39 is 57.3 Å². The first-order chi connectivity index (χ1) is 17.1. The standard InChI is InChI=1S/C27H14O9/c28-19-13-7-1-2-8-14(13)20(29)25(19,34)27(35)23(32)16-10-4-3-9-15(16)21(30)26(27)22(31)17-11-5-6-12-18(17)24(33)36-26/h1-12,34-35H. The molecule has 2 aliphatic carbocycles. The van der Waals surface area contributed by atoms with E-state index in [0.29, 0.717) is 0 Å². The predicted octanol–water partition coefficient (Wildman–Crippen LogP) is 1.40. The van der Waals surface area contributed by atoms with E-state index in [4.69, 9.17) is 4.74 Å². The molecule has 3 aromatic rings. The highest BCUT2D eigenvalue weighted by atomic mass is 16.6. The molecular weight excluding hydrogens is 468 g/mol. The monoisotopic (exact) mass is 482 g/mol. The van der Waals surface area contributed by atoms with Crippen molar-refractivity contribution >= 4 is 34.9 Å². The van der Waals surface area contributed by atoms with Crippen LogP contribution in [-0.2, 0) is 4.74 Å². The number of carbonyl (C=O) groups excluding carboxylic acids is 6. The van der Waals surface area contributed by atoms with E-state index in [1.807, 2.05) is 0 Å². The molecule has 2 unspecified atom stereocenters. The average Bonchev–Trinajstić information content (AvgIpc) is 3.11. The summed E-state index contributed by atoms with van der Waals surface area (Å²) in [4.78, 5) is 81.9. The van der Waals surface area contributed by atoms with Gasteiger partial charge in [-0.1, -0.05) is 66.7 Å². The number of ketones is 5. The van der Waals surface area contributed by atoms with Gasteiger partial charge in [-0.3, -0.25) is 24.0 Å². The second kappa shape index (κ2) is 6.75. The zero-order chi connectivity index (χ0) is 25.6. The van der Waals surface area contributed by atoms with Gasteiger partial charge in [-0.15, -0.1) is 0 Å². The summed E-state index contributed by atoms with van der Waals surface area (Å²) in [5, 5.41) is 23.9. The highest BCUT2D eigenvalue weighted by molar-refractivity contribution is 6.42. The van der Waals surface area contributed by atoms with Crippen molar-refractivity contribution in [2.75, 3.05) is 0 Å². The summed E-state index contributed by atoms with van der Waals surface area (Å²) in [6.45, 7) is 0. The molecule has 1 heterocycles. The molecule has 0 bridgehead atoms. The lowest BCUT2D eigenvalue weighted by Crippen LogP contribution is -2.83. The predicted molar refractivity (Wildman–Crippen MR) is 119 cm³/mol. The third kappa shape index (κ3) is 2.13. The topological polar surface area (TPSA) is 152 Å². The molecule has 1 spiro atoms. The van der Waals surface area contributed by atoms with Crippen LogP contribution in [0.4, 0.5) is 0 Å². The Labute approximate surface area is 201 Å². The van der Waals surface area contributed by atoms with Crippen LogP contribution >= 0.6 is 0 Å². The summed E-state index contributed by atoms with van der Waals surface area (Å²) in [6.07, 6.45) is 0. The Morgan fingerprint density at radius 1 is 0.472 bits per heavy atom. The molecule has 9 nitrogen and oxygen atoms in total. The third-order valence-electron chi connectivity index (χ3n) is 7.13. The summed E-state index contributed by atoms with van der Waals surface area (Å²) in [6, 6.07) is 15.4. The lowest BCUT2D eigenvalue weighted by molar-refractivity contribution is -0.152. The SMILES string of the molecule is O=C1OC2(C(=O)c3ccccc31)C(=O)c1ccccc1C(=O)C2(O)C1(O)C(=O)c2ccccc2C1=O. The molecule has 0 amide bonds. The van der Waals surface area contributed by atoms with E-state index in [9.17, 15) is 39.0 Å². The van der Waals surface area contributed by atoms with Crippen LogP contribution < -0.4 is 0 Å². The Hall–Kier alpha value is -4.60. The molecule has 0 saturated heterocycles. The largest absolute Gasteiger partial charge is 0.435 e. The number of Topliss-reactive ketones (excluding diaryl/α,β-unsaturated/α-hetero) is 5. The molecule has 0 saturated carbocycles. The fourth-order valence-corrected chi connectivity index (χ4v) is 5.38. The molecule has 3 aromatic carbocycles. The third-order valence-corrected chi connectivity index (χ3v) is 7.13. The van der Waals surface area contributed by atoms with Gasteiger partial charge in [-0.05, 0) is 6.07 Å². The number of esters is 1.